The molecule has 6 heteroatoms. The average Bonchev–Trinajstić information content (AvgIpc) is 2.61. The zero-order chi connectivity index (χ0) is 19.1. The Hall–Kier alpha value is -2.40. The summed E-state index contributed by atoms with van der Waals surface area (Å²) in [5.74, 6) is -2.13. The third-order valence-electron chi connectivity index (χ3n) is 3.90. The van der Waals surface area contributed by atoms with Crippen LogP contribution in [-0.4, -0.2) is 18.0 Å². The first kappa shape index (κ1) is 19.9. The van der Waals surface area contributed by atoms with Crippen LogP contribution < -0.4 is 5.32 Å². The molecular formula is C20H21ClFNO3. The second kappa shape index (κ2) is 9.34. The van der Waals surface area contributed by atoms with Crippen LogP contribution in [0.15, 0.2) is 48.5 Å². The van der Waals surface area contributed by atoms with Crippen LogP contribution in [0.4, 0.5) is 4.39 Å². The Labute approximate surface area is 157 Å². The Morgan fingerprint density at radius 2 is 1.88 bits per heavy atom. The molecule has 26 heavy (non-hydrogen) atoms. The predicted molar refractivity (Wildman–Crippen MR) is 98.5 cm³/mol. The van der Waals surface area contributed by atoms with Crippen molar-refractivity contribution in [2.45, 2.75) is 38.8 Å². The van der Waals surface area contributed by atoms with Crippen LogP contribution in [0.2, 0.25) is 5.02 Å². The number of carbonyl (C=O) groups excluding carboxylic acids is 2. The van der Waals surface area contributed by atoms with E-state index in [1.165, 1.54) is 19.1 Å². The highest BCUT2D eigenvalue weighted by molar-refractivity contribution is 6.30. The number of benzene rings is 2. The molecule has 0 fully saturated rings. The summed E-state index contributed by atoms with van der Waals surface area (Å²) in [7, 11) is 0. The summed E-state index contributed by atoms with van der Waals surface area (Å²) in [6, 6.07) is 13.0. The minimum Gasteiger partial charge on any atom is -0.449 e. The fourth-order valence-corrected chi connectivity index (χ4v) is 2.68. The normalized spacial score (nSPS) is 12.9. The van der Waals surface area contributed by atoms with E-state index in [9.17, 15) is 14.0 Å². The fraction of sp³-hybridized carbons (Fsp3) is 0.300. The fourth-order valence-electron chi connectivity index (χ4n) is 2.52. The molecule has 4 nitrogen and oxygen atoms in total. The van der Waals surface area contributed by atoms with Gasteiger partial charge in [0, 0.05) is 5.02 Å². The lowest BCUT2D eigenvalue weighted by Crippen LogP contribution is -2.38. The topological polar surface area (TPSA) is 55.4 Å². The van der Waals surface area contributed by atoms with Crippen molar-refractivity contribution in [1.82, 2.24) is 5.32 Å². The zero-order valence-electron chi connectivity index (χ0n) is 14.7. The molecule has 0 spiro atoms. The number of halogens is 2. The smallest absolute Gasteiger partial charge is 0.341 e. The third-order valence-corrected chi connectivity index (χ3v) is 4.13. The molecule has 2 rings (SSSR count). The summed E-state index contributed by atoms with van der Waals surface area (Å²) in [5.41, 5.74) is 0.715. The lowest BCUT2D eigenvalue weighted by molar-refractivity contribution is -0.129. The van der Waals surface area contributed by atoms with Crippen molar-refractivity contribution in [2.75, 3.05) is 0 Å². The first-order chi connectivity index (χ1) is 12.4. The Morgan fingerprint density at radius 3 is 2.50 bits per heavy atom. The molecule has 0 saturated carbocycles. The number of esters is 1. The Bertz CT molecular complexity index is 767. The highest BCUT2D eigenvalue weighted by Gasteiger charge is 2.23. The molecule has 0 saturated heterocycles. The summed E-state index contributed by atoms with van der Waals surface area (Å²) in [6.07, 6.45) is 0.576. The van der Waals surface area contributed by atoms with Gasteiger partial charge in [0.1, 0.15) is 5.82 Å². The SMILES string of the molecule is CCCC(NC(=O)C(C)OC(=O)c1ccc(Cl)cc1F)c1ccccc1. The van der Waals surface area contributed by atoms with E-state index in [1.54, 1.807) is 0 Å². The van der Waals surface area contributed by atoms with Crippen LogP contribution >= 0.6 is 11.6 Å². The van der Waals surface area contributed by atoms with Gasteiger partial charge in [0.05, 0.1) is 11.6 Å². The minimum absolute atomic E-state index is 0.176. The van der Waals surface area contributed by atoms with E-state index < -0.39 is 23.8 Å². The number of hydrogen-bond acceptors (Lipinski definition) is 3. The summed E-state index contributed by atoms with van der Waals surface area (Å²) in [6.45, 7) is 3.48. The molecule has 0 aliphatic heterocycles. The maximum absolute atomic E-state index is 13.8. The summed E-state index contributed by atoms with van der Waals surface area (Å²) in [4.78, 5) is 24.5. The zero-order valence-corrected chi connectivity index (χ0v) is 15.4. The quantitative estimate of drug-likeness (QED) is 0.712. The van der Waals surface area contributed by atoms with Gasteiger partial charge in [-0.3, -0.25) is 4.79 Å². The van der Waals surface area contributed by atoms with Crippen LogP contribution in [0.5, 0.6) is 0 Å². The molecule has 2 aromatic rings. The molecule has 0 aromatic heterocycles. The van der Waals surface area contributed by atoms with Crippen LogP contribution in [0.3, 0.4) is 0 Å². The van der Waals surface area contributed by atoms with Crippen molar-refractivity contribution in [3.63, 3.8) is 0 Å². The summed E-state index contributed by atoms with van der Waals surface area (Å²) < 4.78 is 18.9. The average molecular weight is 378 g/mol. The van der Waals surface area contributed by atoms with E-state index >= 15 is 0 Å². The van der Waals surface area contributed by atoms with Gasteiger partial charge in [-0.2, -0.15) is 0 Å². The number of nitrogens with one attached hydrogen (secondary N) is 1. The monoisotopic (exact) mass is 377 g/mol. The van der Waals surface area contributed by atoms with E-state index in [1.807, 2.05) is 37.3 Å². The molecule has 2 unspecified atom stereocenters. The standard InChI is InChI=1S/C20H21ClFNO3/c1-3-7-18(14-8-5-4-6-9-14)23-19(24)13(2)26-20(25)16-11-10-15(21)12-17(16)22/h4-6,8-13,18H,3,7H2,1-2H3,(H,23,24). The lowest BCUT2D eigenvalue weighted by Gasteiger charge is -2.21. The minimum atomic E-state index is -1.05. The molecular weight excluding hydrogens is 357 g/mol. The molecule has 2 aromatic carbocycles. The lowest BCUT2D eigenvalue weighted by atomic mass is 10.0. The van der Waals surface area contributed by atoms with E-state index in [4.69, 9.17) is 16.3 Å². The van der Waals surface area contributed by atoms with Gasteiger partial charge in [0.15, 0.2) is 6.10 Å². The predicted octanol–water partition coefficient (Wildman–Crippen LogP) is 4.68. The molecule has 0 heterocycles. The Kier molecular flexibility index (Phi) is 7.16. The van der Waals surface area contributed by atoms with Crippen molar-refractivity contribution in [3.05, 3.63) is 70.5 Å². The molecule has 1 N–H and O–H groups in total. The number of hydrogen-bond donors (Lipinski definition) is 1. The van der Waals surface area contributed by atoms with Crippen molar-refractivity contribution < 1.29 is 18.7 Å². The summed E-state index contributed by atoms with van der Waals surface area (Å²) >= 11 is 5.67. The van der Waals surface area contributed by atoms with Gasteiger partial charge in [-0.25, -0.2) is 9.18 Å². The van der Waals surface area contributed by atoms with Gasteiger partial charge < -0.3 is 10.1 Å². The summed E-state index contributed by atoms with van der Waals surface area (Å²) in [5, 5.41) is 3.06. The third kappa shape index (κ3) is 5.30. The number of carbonyl (C=O) groups is 2. The van der Waals surface area contributed by atoms with Crippen molar-refractivity contribution in [2.24, 2.45) is 0 Å². The first-order valence-electron chi connectivity index (χ1n) is 8.43. The van der Waals surface area contributed by atoms with Crippen LogP contribution in [0.25, 0.3) is 0 Å². The van der Waals surface area contributed by atoms with E-state index in [0.717, 1.165) is 24.5 Å². The van der Waals surface area contributed by atoms with Crippen LogP contribution in [0, 0.1) is 5.82 Å². The van der Waals surface area contributed by atoms with E-state index in [0.29, 0.717) is 0 Å². The molecule has 0 radical (unpaired) electrons. The van der Waals surface area contributed by atoms with E-state index in [-0.39, 0.29) is 16.6 Å². The maximum Gasteiger partial charge on any atom is 0.341 e. The number of amides is 1. The Balaban J connectivity index is 2.02. The first-order valence-corrected chi connectivity index (χ1v) is 8.81. The molecule has 2 atom stereocenters. The Morgan fingerprint density at radius 1 is 1.19 bits per heavy atom. The van der Waals surface area contributed by atoms with Crippen molar-refractivity contribution in [3.8, 4) is 0 Å². The molecule has 0 bridgehead atoms. The second-order valence-corrected chi connectivity index (χ2v) is 6.37. The van der Waals surface area contributed by atoms with Gasteiger partial charge in [-0.15, -0.1) is 0 Å². The number of rotatable bonds is 7. The molecule has 138 valence electrons. The number of ether oxygens (including phenoxy) is 1. The maximum atomic E-state index is 13.8. The molecule has 0 aliphatic rings. The van der Waals surface area contributed by atoms with Gasteiger partial charge in [-0.05, 0) is 37.1 Å². The van der Waals surface area contributed by atoms with Gasteiger partial charge in [0.2, 0.25) is 0 Å². The van der Waals surface area contributed by atoms with Crippen LogP contribution in [-0.2, 0) is 9.53 Å². The van der Waals surface area contributed by atoms with Gasteiger partial charge in [0.25, 0.3) is 5.91 Å². The van der Waals surface area contributed by atoms with Gasteiger partial charge >= 0.3 is 5.97 Å². The highest BCUT2D eigenvalue weighted by atomic mass is 35.5. The van der Waals surface area contributed by atoms with Crippen LogP contribution in [0.1, 0.15) is 48.7 Å². The second-order valence-electron chi connectivity index (χ2n) is 5.93. The van der Waals surface area contributed by atoms with E-state index in [2.05, 4.69) is 5.32 Å². The molecule has 1 amide bonds. The van der Waals surface area contributed by atoms with Crippen molar-refractivity contribution in [1.29, 1.82) is 0 Å². The highest BCUT2D eigenvalue weighted by Crippen LogP contribution is 2.19. The molecule has 0 aliphatic carbocycles. The van der Waals surface area contributed by atoms with Gasteiger partial charge in [-0.1, -0.05) is 55.3 Å². The largest absolute Gasteiger partial charge is 0.449 e. The van der Waals surface area contributed by atoms with Crippen molar-refractivity contribution >= 4 is 23.5 Å².